The normalized spacial score (nSPS) is 19.6. The predicted octanol–water partition coefficient (Wildman–Crippen LogP) is 4.21. The fraction of sp³-hybridized carbons (Fsp3) is 0.381. The molecule has 1 atom stereocenters. The van der Waals surface area contributed by atoms with Crippen molar-refractivity contribution in [2.45, 2.75) is 38.7 Å². The second kappa shape index (κ2) is 7.75. The monoisotopic (exact) mass is 397 g/mol. The lowest BCUT2D eigenvalue weighted by Crippen LogP contribution is -2.47. The van der Waals surface area contributed by atoms with Gasteiger partial charge in [0.15, 0.2) is 12.4 Å². The average Bonchev–Trinajstić information content (AvgIpc) is 3.36. The zero-order valence-corrected chi connectivity index (χ0v) is 16.9. The maximum atomic E-state index is 12.8. The number of likely N-dealkylation sites (tertiary alicyclic amines) is 1. The minimum atomic E-state index is -0.325. The summed E-state index contributed by atoms with van der Waals surface area (Å²) in [7, 11) is 0. The molecule has 146 valence electrons. The summed E-state index contributed by atoms with van der Waals surface area (Å²) in [6, 6.07) is 13.4. The number of para-hydroxylation sites is 1. The molecular weight excluding hydrogens is 374 g/mol. The van der Waals surface area contributed by atoms with Crippen molar-refractivity contribution in [2.75, 3.05) is 13.1 Å². The number of rotatable bonds is 5. The summed E-state index contributed by atoms with van der Waals surface area (Å²) in [6.45, 7) is 5.68. The third kappa shape index (κ3) is 3.94. The second-order valence-corrected chi connectivity index (χ2v) is 8.70. The number of nitrogens with zero attached hydrogens (tertiary/aromatic N) is 3. The van der Waals surface area contributed by atoms with Crippen LogP contribution in [0.25, 0.3) is 0 Å². The largest absolute Gasteiger partial charge is 0.484 e. The number of hydrogen-bond acceptors (Lipinski definition) is 6. The highest BCUT2D eigenvalue weighted by Crippen LogP contribution is 2.33. The lowest BCUT2D eigenvalue weighted by atomic mass is 9.81. The van der Waals surface area contributed by atoms with Gasteiger partial charge in [-0.3, -0.25) is 4.79 Å². The number of ether oxygens (including phenoxy) is 1. The predicted molar refractivity (Wildman–Crippen MR) is 107 cm³/mol. The van der Waals surface area contributed by atoms with Crippen molar-refractivity contribution in [3.8, 4) is 5.75 Å². The van der Waals surface area contributed by atoms with Crippen LogP contribution < -0.4 is 4.74 Å². The molecule has 1 amide bonds. The number of carbonyl (C=O) groups is 1. The zero-order valence-electron chi connectivity index (χ0n) is 16.1. The van der Waals surface area contributed by atoms with E-state index in [-0.39, 0.29) is 17.9 Å². The van der Waals surface area contributed by atoms with Crippen molar-refractivity contribution in [3.63, 3.8) is 0 Å². The number of amides is 1. The van der Waals surface area contributed by atoms with Crippen molar-refractivity contribution in [2.24, 2.45) is 0 Å². The molecule has 1 saturated heterocycles. The molecule has 7 heteroatoms. The minimum Gasteiger partial charge on any atom is -0.484 e. The van der Waals surface area contributed by atoms with Crippen LogP contribution in [0.1, 0.15) is 46.0 Å². The van der Waals surface area contributed by atoms with Crippen LogP contribution in [0.3, 0.4) is 0 Å². The van der Waals surface area contributed by atoms with Crippen molar-refractivity contribution in [3.05, 3.63) is 63.9 Å². The van der Waals surface area contributed by atoms with E-state index in [1.807, 2.05) is 54.3 Å². The number of hydrogen-bond donors (Lipinski definition) is 0. The molecule has 3 heterocycles. The first-order valence-corrected chi connectivity index (χ1v) is 10.2. The summed E-state index contributed by atoms with van der Waals surface area (Å²) in [5.74, 6) is 1.92. The summed E-state index contributed by atoms with van der Waals surface area (Å²) in [5.41, 5.74) is -0.325. The van der Waals surface area contributed by atoms with Crippen LogP contribution in [0.2, 0.25) is 0 Å². The van der Waals surface area contributed by atoms with Crippen LogP contribution in [0.4, 0.5) is 0 Å². The van der Waals surface area contributed by atoms with E-state index >= 15 is 0 Å². The highest BCUT2D eigenvalue weighted by molar-refractivity contribution is 7.13. The van der Waals surface area contributed by atoms with Gasteiger partial charge in [0.05, 0.1) is 4.88 Å². The third-order valence-corrected chi connectivity index (χ3v) is 6.04. The lowest BCUT2D eigenvalue weighted by molar-refractivity contribution is 0.0647. The number of aromatic nitrogens is 2. The SMILES string of the molecule is Cc1ccc(C(=O)N2CCCC(C)(c3noc(COc4ccccc4)n3)C2)s1. The molecule has 6 nitrogen and oxygen atoms in total. The third-order valence-electron chi connectivity index (χ3n) is 5.05. The number of piperidine rings is 1. The molecule has 0 N–H and O–H groups in total. The summed E-state index contributed by atoms with van der Waals surface area (Å²) in [4.78, 5) is 21.2. The van der Waals surface area contributed by atoms with Gasteiger partial charge in [-0.05, 0) is 44.0 Å². The topological polar surface area (TPSA) is 68.5 Å². The minimum absolute atomic E-state index is 0.0835. The Labute approximate surface area is 168 Å². The molecule has 0 spiro atoms. The van der Waals surface area contributed by atoms with E-state index in [0.29, 0.717) is 18.3 Å². The Morgan fingerprint density at radius 1 is 1.29 bits per heavy atom. The molecule has 2 aromatic heterocycles. The van der Waals surface area contributed by atoms with Gasteiger partial charge in [0, 0.05) is 23.4 Å². The smallest absolute Gasteiger partial charge is 0.264 e. The molecule has 0 radical (unpaired) electrons. The van der Waals surface area contributed by atoms with Gasteiger partial charge in [-0.15, -0.1) is 11.3 Å². The average molecular weight is 398 g/mol. The first-order chi connectivity index (χ1) is 13.5. The summed E-state index contributed by atoms with van der Waals surface area (Å²) >= 11 is 1.54. The molecule has 0 aliphatic carbocycles. The van der Waals surface area contributed by atoms with Crippen LogP contribution in [0, 0.1) is 6.92 Å². The van der Waals surface area contributed by atoms with Gasteiger partial charge >= 0.3 is 0 Å². The number of benzene rings is 1. The Kier molecular flexibility index (Phi) is 5.17. The molecule has 1 aromatic carbocycles. The van der Waals surface area contributed by atoms with Crippen LogP contribution in [-0.2, 0) is 12.0 Å². The Hall–Kier alpha value is -2.67. The molecule has 1 unspecified atom stereocenters. The Morgan fingerprint density at radius 2 is 2.11 bits per heavy atom. The van der Waals surface area contributed by atoms with Crippen molar-refractivity contribution in [1.82, 2.24) is 15.0 Å². The molecule has 0 saturated carbocycles. The van der Waals surface area contributed by atoms with Crippen LogP contribution in [-0.4, -0.2) is 34.0 Å². The highest BCUT2D eigenvalue weighted by atomic mass is 32.1. The van der Waals surface area contributed by atoms with Crippen molar-refractivity contribution < 1.29 is 14.1 Å². The second-order valence-electron chi connectivity index (χ2n) is 7.41. The quantitative estimate of drug-likeness (QED) is 0.645. The van der Waals surface area contributed by atoms with Gasteiger partial charge in [-0.25, -0.2) is 0 Å². The molecule has 3 aromatic rings. The van der Waals surface area contributed by atoms with Gasteiger partial charge in [-0.1, -0.05) is 30.3 Å². The summed E-state index contributed by atoms with van der Waals surface area (Å²) < 4.78 is 11.1. The van der Waals surface area contributed by atoms with Gasteiger partial charge < -0.3 is 14.2 Å². The number of thiophene rings is 1. The Bertz CT molecular complexity index is 953. The maximum absolute atomic E-state index is 12.8. The highest BCUT2D eigenvalue weighted by Gasteiger charge is 2.39. The first kappa shape index (κ1) is 18.7. The number of carbonyl (C=O) groups excluding carboxylic acids is 1. The van der Waals surface area contributed by atoms with Gasteiger partial charge in [0.25, 0.3) is 11.8 Å². The fourth-order valence-corrected chi connectivity index (χ4v) is 4.36. The first-order valence-electron chi connectivity index (χ1n) is 9.40. The van der Waals surface area contributed by atoms with E-state index in [1.54, 1.807) is 0 Å². The van der Waals surface area contributed by atoms with E-state index in [1.165, 1.54) is 11.3 Å². The molecule has 1 aliphatic heterocycles. The lowest BCUT2D eigenvalue weighted by Gasteiger charge is -2.38. The van der Waals surface area contributed by atoms with E-state index in [2.05, 4.69) is 17.1 Å². The fourth-order valence-electron chi connectivity index (χ4n) is 3.52. The van der Waals surface area contributed by atoms with Crippen molar-refractivity contribution >= 4 is 17.2 Å². The molecule has 1 aliphatic rings. The van der Waals surface area contributed by atoms with E-state index in [0.717, 1.165) is 34.9 Å². The van der Waals surface area contributed by atoms with Crippen LogP contribution in [0.5, 0.6) is 5.75 Å². The van der Waals surface area contributed by atoms with E-state index in [4.69, 9.17) is 9.26 Å². The summed E-state index contributed by atoms with van der Waals surface area (Å²) in [5, 5.41) is 4.19. The molecular formula is C21H23N3O3S. The molecule has 4 rings (SSSR count). The molecule has 0 bridgehead atoms. The van der Waals surface area contributed by atoms with E-state index in [9.17, 15) is 4.79 Å². The standard InChI is InChI=1S/C21H23N3O3S/c1-15-9-10-17(28-15)19(25)24-12-6-11-21(2,14-24)20-22-18(27-23-20)13-26-16-7-4-3-5-8-16/h3-5,7-10H,6,11-14H2,1-2H3. The maximum Gasteiger partial charge on any atom is 0.264 e. The molecule has 1 fully saturated rings. The number of aryl methyl sites for hydroxylation is 1. The van der Waals surface area contributed by atoms with Crippen LogP contribution >= 0.6 is 11.3 Å². The van der Waals surface area contributed by atoms with Gasteiger partial charge in [0.2, 0.25) is 0 Å². The van der Waals surface area contributed by atoms with Gasteiger partial charge in [0.1, 0.15) is 5.75 Å². The van der Waals surface area contributed by atoms with E-state index < -0.39 is 0 Å². The zero-order chi connectivity index (χ0) is 19.6. The van der Waals surface area contributed by atoms with Gasteiger partial charge in [-0.2, -0.15) is 4.98 Å². The van der Waals surface area contributed by atoms with Crippen molar-refractivity contribution in [1.29, 1.82) is 0 Å². The molecule has 28 heavy (non-hydrogen) atoms. The van der Waals surface area contributed by atoms with Crippen LogP contribution in [0.15, 0.2) is 47.0 Å². The Balaban J connectivity index is 1.44. The summed E-state index contributed by atoms with van der Waals surface area (Å²) in [6.07, 6.45) is 1.83. The Morgan fingerprint density at radius 3 is 2.86 bits per heavy atom.